The highest BCUT2D eigenvalue weighted by molar-refractivity contribution is 5.68. The number of para-hydroxylation sites is 1. The second-order valence-corrected chi connectivity index (χ2v) is 4.19. The van der Waals surface area contributed by atoms with Crippen molar-refractivity contribution in [3.63, 3.8) is 0 Å². The van der Waals surface area contributed by atoms with Gasteiger partial charge in [-0.2, -0.15) is 5.26 Å². The first kappa shape index (κ1) is 13.5. The van der Waals surface area contributed by atoms with E-state index >= 15 is 0 Å². The molecule has 0 fully saturated rings. The molecule has 0 aliphatic carbocycles. The number of rotatable bonds is 4. The molecule has 0 bridgehead atoms. The van der Waals surface area contributed by atoms with Crippen LogP contribution in [-0.4, -0.2) is 9.91 Å². The van der Waals surface area contributed by atoms with Crippen molar-refractivity contribution >= 4 is 11.4 Å². The SMILES string of the molecule is CC(Nc1cccc(C#N)c1[N+](=O)[O-])c1ccccn1. The summed E-state index contributed by atoms with van der Waals surface area (Å²) in [5, 5.41) is 23.1. The topological polar surface area (TPSA) is 91.8 Å². The first-order chi connectivity index (χ1) is 9.63. The predicted octanol–water partition coefficient (Wildman–Crippen LogP) is 3.03. The van der Waals surface area contributed by atoms with Crippen molar-refractivity contribution in [3.05, 3.63) is 64.0 Å². The molecule has 1 atom stereocenters. The maximum atomic E-state index is 11.1. The minimum Gasteiger partial charge on any atom is -0.371 e. The van der Waals surface area contributed by atoms with Gasteiger partial charge in [-0.3, -0.25) is 15.1 Å². The Balaban J connectivity index is 2.35. The molecular formula is C14H12N4O2. The molecule has 0 radical (unpaired) electrons. The fourth-order valence-electron chi connectivity index (χ4n) is 1.89. The zero-order valence-electron chi connectivity index (χ0n) is 10.8. The summed E-state index contributed by atoms with van der Waals surface area (Å²) >= 11 is 0. The summed E-state index contributed by atoms with van der Waals surface area (Å²) in [5.74, 6) is 0. The van der Waals surface area contributed by atoms with Crippen LogP contribution in [0.1, 0.15) is 24.2 Å². The number of nitriles is 1. The Morgan fingerprint density at radius 1 is 1.35 bits per heavy atom. The van der Waals surface area contributed by atoms with Gasteiger partial charge in [-0.25, -0.2) is 0 Å². The summed E-state index contributed by atoms with van der Waals surface area (Å²) in [6.45, 7) is 1.85. The van der Waals surface area contributed by atoms with Crippen LogP contribution in [0.2, 0.25) is 0 Å². The van der Waals surface area contributed by atoms with Crippen molar-refractivity contribution in [1.82, 2.24) is 4.98 Å². The van der Waals surface area contributed by atoms with E-state index in [-0.39, 0.29) is 17.3 Å². The molecule has 1 aromatic heterocycles. The molecule has 0 aliphatic heterocycles. The highest BCUT2D eigenvalue weighted by Crippen LogP contribution is 2.30. The molecule has 1 unspecified atom stereocenters. The molecule has 0 spiro atoms. The lowest BCUT2D eigenvalue weighted by atomic mass is 10.1. The lowest BCUT2D eigenvalue weighted by molar-refractivity contribution is -0.384. The van der Waals surface area contributed by atoms with Crippen LogP contribution in [0.15, 0.2) is 42.6 Å². The first-order valence-corrected chi connectivity index (χ1v) is 5.98. The maximum absolute atomic E-state index is 11.1. The predicted molar refractivity (Wildman–Crippen MR) is 74.1 cm³/mol. The summed E-state index contributed by atoms with van der Waals surface area (Å²) < 4.78 is 0. The first-order valence-electron chi connectivity index (χ1n) is 5.98. The summed E-state index contributed by atoms with van der Waals surface area (Å²) in [5.41, 5.74) is 0.905. The zero-order chi connectivity index (χ0) is 14.5. The number of nitrogens with one attached hydrogen (secondary N) is 1. The van der Waals surface area contributed by atoms with Crippen LogP contribution in [0, 0.1) is 21.4 Å². The summed E-state index contributed by atoms with van der Waals surface area (Å²) in [7, 11) is 0. The van der Waals surface area contributed by atoms with E-state index in [1.54, 1.807) is 24.4 Å². The Morgan fingerprint density at radius 3 is 2.75 bits per heavy atom. The van der Waals surface area contributed by atoms with Crippen molar-refractivity contribution in [3.8, 4) is 6.07 Å². The van der Waals surface area contributed by atoms with Crippen LogP contribution in [0.5, 0.6) is 0 Å². The number of pyridine rings is 1. The third kappa shape index (κ3) is 2.72. The molecule has 2 rings (SSSR count). The molecule has 0 saturated carbocycles. The molecule has 100 valence electrons. The number of nitro benzene ring substituents is 1. The van der Waals surface area contributed by atoms with Gasteiger partial charge in [0.15, 0.2) is 0 Å². The Hall–Kier alpha value is -2.94. The van der Waals surface area contributed by atoms with Crippen LogP contribution in [0.3, 0.4) is 0 Å². The Bertz CT molecular complexity index is 665. The van der Waals surface area contributed by atoms with Crippen LogP contribution in [-0.2, 0) is 0 Å². The van der Waals surface area contributed by atoms with Crippen LogP contribution in [0.25, 0.3) is 0 Å². The molecule has 0 aliphatic rings. The standard InChI is InChI=1S/C14H12N4O2/c1-10(12-6-2-3-8-16-12)17-13-7-4-5-11(9-15)14(13)18(19)20/h2-8,10,17H,1H3. The van der Waals surface area contributed by atoms with Gasteiger partial charge < -0.3 is 5.32 Å². The second kappa shape index (κ2) is 5.80. The number of hydrogen-bond acceptors (Lipinski definition) is 5. The van der Waals surface area contributed by atoms with Crippen molar-refractivity contribution in [2.24, 2.45) is 0 Å². The zero-order valence-corrected chi connectivity index (χ0v) is 10.8. The van der Waals surface area contributed by atoms with Crippen molar-refractivity contribution in [2.75, 3.05) is 5.32 Å². The van der Waals surface area contributed by atoms with E-state index in [1.165, 1.54) is 6.07 Å². The van der Waals surface area contributed by atoms with Gasteiger partial charge in [0, 0.05) is 6.20 Å². The Kier molecular flexibility index (Phi) is 3.91. The maximum Gasteiger partial charge on any atom is 0.309 e. The number of nitrogens with zero attached hydrogens (tertiary/aromatic N) is 3. The molecule has 2 aromatic rings. The number of aromatic nitrogens is 1. The largest absolute Gasteiger partial charge is 0.371 e. The highest BCUT2D eigenvalue weighted by Gasteiger charge is 2.21. The lowest BCUT2D eigenvalue weighted by Crippen LogP contribution is -2.10. The van der Waals surface area contributed by atoms with Crippen LogP contribution < -0.4 is 5.32 Å². The molecule has 0 amide bonds. The van der Waals surface area contributed by atoms with E-state index in [1.807, 2.05) is 25.1 Å². The number of benzene rings is 1. The minimum absolute atomic E-state index is 0.0354. The lowest BCUT2D eigenvalue weighted by Gasteiger charge is -2.14. The summed E-state index contributed by atoms with van der Waals surface area (Å²) in [6, 6.07) is 11.7. The van der Waals surface area contributed by atoms with E-state index in [2.05, 4.69) is 10.3 Å². The van der Waals surface area contributed by atoms with E-state index in [9.17, 15) is 10.1 Å². The molecule has 0 saturated heterocycles. The number of hydrogen-bond donors (Lipinski definition) is 1. The van der Waals surface area contributed by atoms with Crippen molar-refractivity contribution < 1.29 is 4.92 Å². The number of nitro groups is 1. The Labute approximate surface area is 115 Å². The van der Waals surface area contributed by atoms with Crippen molar-refractivity contribution in [1.29, 1.82) is 5.26 Å². The Morgan fingerprint density at radius 2 is 2.15 bits per heavy atom. The quantitative estimate of drug-likeness (QED) is 0.679. The summed E-state index contributed by atoms with van der Waals surface area (Å²) in [4.78, 5) is 14.8. The van der Waals surface area contributed by atoms with E-state index < -0.39 is 4.92 Å². The monoisotopic (exact) mass is 268 g/mol. The number of anilines is 1. The molecular weight excluding hydrogens is 256 g/mol. The fraction of sp³-hybridized carbons (Fsp3) is 0.143. The van der Waals surface area contributed by atoms with E-state index in [0.717, 1.165) is 5.69 Å². The van der Waals surface area contributed by atoms with Gasteiger partial charge in [0.1, 0.15) is 17.3 Å². The average Bonchev–Trinajstić information content (AvgIpc) is 2.47. The van der Waals surface area contributed by atoms with Gasteiger partial charge in [0.2, 0.25) is 0 Å². The molecule has 1 N–H and O–H groups in total. The fourth-order valence-corrected chi connectivity index (χ4v) is 1.89. The average molecular weight is 268 g/mol. The third-order valence-corrected chi connectivity index (χ3v) is 2.84. The molecule has 6 nitrogen and oxygen atoms in total. The molecule has 1 aromatic carbocycles. The summed E-state index contributed by atoms with van der Waals surface area (Å²) in [6.07, 6.45) is 1.66. The van der Waals surface area contributed by atoms with Gasteiger partial charge in [-0.15, -0.1) is 0 Å². The van der Waals surface area contributed by atoms with Crippen molar-refractivity contribution in [2.45, 2.75) is 13.0 Å². The van der Waals surface area contributed by atoms with Gasteiger partial charge in [-0.05, 0) is 31.2 Å². The smallest absolute Gasteiger partial charge is 0.309 e. The molecule has 6 heteroatoms. The normalized spacial score (nSPS) is 11.4. The van der Waals surface area contributed by atoms with E-state index in [0.29, 0.717) is 5.69 Å². The van der Waals surface area contributed by atoms with Crippen LogP contribution >= 0.6 is 0 Å². The second-order valence-electron chi connectivity index (χ2n) is 4.19. The van der Waals surface area contributed by atoms with Gasteiger partial charge in [0.05, 0.1) is 16.7 Å². The van der Waals surface area contributed by atoms with E-state index in [4.69, 9.17) is 5.26 Å². The molecule has 1 heterocycles. The molecule has 20 heavy (non-hydrogen) atoms. The van der Waals surface area contributed by atoms with Crippen LogP contribution in [0.4, 0.5) is 11.4 Å². The van der Waals surface area contributed by atoms with Gasteiger partial charge in [-0.1, -0.05) is 12.1 Å². The third-order valence-electron chi connectivity index (χ3n) is 2.84. The van der Waals surface area contributed by atoms with Gasteiger partial charge in [0.25, 0.3) is 0 Å². The minimum atomic E-state index is -0.550. The highest BCUT2D eigenvalue weighted by atomic mass is 16.6. The van der Waals surface area contributed by atoms with Gasteiger partial charge >= 0.3 is 5.69 Å².